The van der Waals surface area contributed by atoms with Crippen LogP contribution in [0.1, 0.15) is 49.7 Å². The Balaban J connectivity index is 1.60. The monoisotopic (exact) mass is 466 g/mol. The standard InChI is InChI=1S/C25H27ClN4O3/c1-3-11-29(15-23-27-21-13-18(26)8-9-20(21)25(33)28-23)24(32)14-22-19-7-5-4-6-17(19)10-12-30(22)16(2)31/h4-9,13,22H,3,10-12,14-15H2,1-2H3,(H,27,28,33). The van der Waals surface area contributed by atoms with Crippen LogP contribution >= 0.6 is 11.6 Å². The first-order valence-corrected chi connectivity index (χ1v) is 11.6. The molecule has 2 heterocycles. The van der Waals surface area contributed by atoms with E-state index in [1.165, 1.54) is 5.56 Å². The number of fused-ring (bicyclic) bond motifs is 2. The van der Waals surface area contributed by atoms with Gasteiger partial charge in [0.15, 0.2) is 0 Å². The molecule has 7 nitrogen and oxygen atoms in total. The summed E-state index contributed by atoms with van der Waals surface area (Å²) in [7, 11) is 0. The number of benzene rings is 2. The van der Waals surface area contributed by atoms with Crippen molar-refractivity contribution >= 4 is 34.3 Å². The molecule has 2 amide bonds. The topological polar surface area (TPSA) is 86.4 Å². The van der Waals surface area contributed by atoms with Gasteiger partial charge in [-0.15, -0.1) is 0 Å². The van der Waals surface area contributed by atoms with Gasteiger partial charge in [-0.1, -0.05) is 42.8 Å². The zero-order valence-electron chi connectivity index (χ0n) is 18.8. The molecule has 0 aliphatic carbocycles. The van der Waals surface area contributed by atoms with E-state index in [1.54, 1.807) is 34.9 Å². The summed E-state index contributed by atoms with van der Waals surface area (Å²) in [5, 5.41) is 0.945. The summed E-state index contributed by atoms with van der Waals surface area (Å²) < 4.78 is 0. The lowest BCUT2D eigenvalue weighted by Gasteiger charge is -2.37. The van der Waals surface area contributed by atoms with Gasteiger partial charge in [0.1, 0.15) is 5.82 Å². The molecular weight excluding hydrogens is 440 g/mol. The van der Waals surface area contributed by atoms with Gasteiger partial charge in [0.2, 0.25) is 11.8 Å². The molecule has 3 aromatic rings. The van der Waals surface area contributed by atoms with Gasteiger partial charge in [0.25, 0.3) is 5.56 Å². The van der Waals surface area contributed by atoms with Crippen molar-refractivity contribution in [3.8, 4) is 0 Å². The number of carbonyl (C=O) groups is 2. The summed E-state index contributed by atoms with van der Waals surface area (Å²) in [4.78, 5) is 49.1. The Hall–Kier alpha value is -3.19. The predicted molar refractivity (Wildman–Crippen MR) is 128 cm³/mol. The average Bonchev–Trinajstić information content (AvgIpc) is 2.78. The Labute approximate surface area is 197 Å². The van der Waals surface area contributed by atoms with E-state index in [0.29, 0.717) is 34.8 Å². The summed E-state index contributed by atoms with van der Waals surface area (Å²) in [5.74, 6) is 0.282. The van der Waals surface area contributed by atoms with Crippen molar-refractivity contribution in [1.82, 2.24) is 19.8 Å². The average molecular weight is 467 g/mol. The molecule has 1 N–H and O–H groups in total. The van der Waals surface area contributed by atoms with Gasteiger partial charge >= 0.3 is 0 Å². The predicted octanol–water partition coefficient (Wildman–Crippen LogP) is 3.85. The highest BCUT2D eigenvalue weighted by atomic mass is 35.5. The van der Waals surface area contributed by atoms with Crippen molar-refractivity contribution in [1.29, 1.82) is 0 Å². The maximum absolute atomic E-state index is 13.4. The van der Waals surface area contributed by atoms with Crippen molar-refractivity contribution in [2.75, 3.05) is 13.1 Å². The number of halogens is 1. The largest absolute Gasteiger partial charge is 0.335 e. The SMILES string of the molecule is CCCN(Cc1nc2cc(Cl)ccc2c(=O)[nH]1)C(=O)CC1c2ccccc2CCN1C(C)=O. The van der Waals surface area contributed by atoms with E-state index in [4.69, 9.17) is 11.6 Å². The molecule has 0 bridgehead atoms. The number of H-pyrrole nitrogens is 1. The highest BCUT2D eigenvalue weighted by Crippen LogP contribution is 2.33. The molecule has 1 aliphatic rings. The molecule has 2 aromatic carbocycles. The molecule has 4 rings (SSSR count). The van der Waals surface area contributed by atoms with Gasteiger partial charge in [0.05, 0.1) is 29.9 Å². The highest BCUT2D eigenvalue weighted by Gasteiger charge is 2.32. The van der Waals surface area contributed by atoms with Crippen LogP contribution in [-0.2, 0) is 22.6 Å². The maximum atomic E-state index is 13.4. The number of carbonyl (C=O) groups excluding carboxylic acids is 2. The van der Waals surface area contributed by atoms with Crippen LogP contribution in [-0.4, -0.2) is 44.7 Å². The summed E-state index contributed by atoms with van der Waals surface area (Å²) in [6.07, 6.45) is 1.72. The summed E-state index contributed by atoms with van der Waals surface area (Å²) in [6.45, 7) is 4.83. The van der Waals surface area contributed by atoms with E-state index in [2.05, 4.69) is 16.0 Å². The Morgan fingerprint density at radius 3 is 2.79 bits per heavy atom. The van der Waals surface area contributed by atoms with Crippen LogP contribution in [0, 0.1) is 0 Å². The van der Waals surface area contributed by atoms with Crippen molar-refractivity contribution in [3.05, 3.63) is 74.8 Å². The Morgan fingerprint density at radius 2 is 2.03 bits per heavy atom. The van der Waals surface area contributed by atoms with Crippen molar-refractivity contribution in [2.24, 2.45) is 0 Å². The number of hydrogen-bond donors (Lipinski definition) is 1. The maximum Gasteiger partial charge on any atom is 0.258 e. The van der Waals surface area contributed by atoms with E-state index in [-0.39, 0.29) is 36.4 Å². The third-order valence-corrected chi connectivity index (χ3v) is 6.32. The van der Waals surface area contributed by atoms with Crippen molar-refractivity contribution in [3.63, 3.8) is 0 Å². The molecule has 8 heteroatoms. The number of rotatable bonds is 6. The number of aromatic amines is 1. The number of amides is 2. The lowest BCUT2D eigenvalue weighted by atomic mass is 9.90. The third kappa shape index (κ3) is 4.93. The Bertz CT molecular complexity index is 1260. The molecule has 33 heavy (non-hydrogen) atoms. The van der Waals surface area contributed by atoms with E-state index >= 15 is 0 Å². The number of hydrogen-bond acceptors (Lipinski definition) is 4. The van der Waals surface area contributed by atoms with E-state index in [1.807, 2.05) is 25.1 Å². The lowest BCUT2D eigenvalue weighted by Crippen LogP contribution is -2.42. The minimum atomic E-state index is -0.304. The number of nitrogens with zero attached hydrogens (tertiary/aromatic N) is 3. The molecule has 0 saturated carbocycles. The van der Waals surface area contributed by atoms with E-state index in [9.17, 15) is 14.4 Å². The number of aromatic nitrogens is 2. The minimum absolute atomic E-state index is 0.0400. The van der Waals surface area contributed by atoms with Crippen molar-refractivity contribution < 1.29 is 9.59 Å². The first kappa shape index (κ1) is 23.0. The van der Waals surface area contributed by atoms with Crippen LogP contribution < -0.4 is 5.56 Å². The minimum Gasteiger partial charge on any atom is -0.335 e. The molecule has 1 atom stereocenters. The second-order valence-electron chi connectivity index (χ2n) is 8.37. The van der Waals surface area contributed by atoms with Gasteiger partial charge in [-0.25, -0.2) is 4.98 Å². The van der Waals surface area contributed by atoms with Crippen LogP contribution in [0.25, 0.3) is 10.9 Å². The molecule has 0 radical (unpaired) electrons. The highest BCUT2D eigenvalue weighted by molar-refractivity contribution is 6.31. The normalized spacial score (nSPS) is 15.4. The Kier molecular flexibility index (Phi) is 6.79. The van der Waals surface area contributed by atoms with Crippen LogP contribution in [0.4, 0.5) is 0 Å². The zero-order valence-corrected chi connectivity index (χ0v) is 19.6. The zero-order chi connectivity index (χ0) is 23.5. The molecule has 1 unspecified atom stereocenters. The smallest absolute Gasteiger partial charge is 0.258 e. The molecule has 172 valence electrons. The fraction of sp³-hybridized carbons (Fsp3) is 0.360. The Morgan fingerprint density at radius 1 is 1.24 bits per heavy atom. The molecule has 0 spiro atoms. The molecule has 1 aliphatic heterocycles. The number of nitrogens with one attached hydrogen (secondary N) is 1. The van der Waals surface area contributed by atoms with Crippen LogP contribution in [0.5, 0.6) is 0 Å². The molecule has 0 saturated heterocycles. The van der Waals surface area contributed by atoms with Gasteiger partial charge in [-0.05, 0) is 42.2 Å². The van der Waals surface area contributed by atoms with Crippen molar-refractivity contribution in [2.45, 2.75) is 45.7 Å². The quantitative estimate of drug-likeness (QED) is 0.597. The van der Waals surface area contributed by atoms with Gasteiger partial charge < -0.3 is 14.8 Å². The second-order valence-corrected chi connectivity index (χ2v) is 8.81. The van der Waals surface area contributed by atoms with Crippen LogP contribution in [0.3, 0.4) is 0 Å². The second kappa shape index (κ2) is 9.75. The van der Waals surface area contributed by atoms with Gasteiger partial charge in [-0.2, -0.15) is 0 Å². The van der Waals surface area contributed by atoms with E-state index in [0.717, 1.165) is 18.4 Å². The van der Waals surface area contributed by atoms with Crippen LogP contribution in [0.2, 0.25) is 5.02 Å². The molecular formula is C25H27ClN4O3. The molecule has 1 aromatic heterocycles. The lowest BCUT2D eigenvalue weighted by molar-refractivity contribution is -0.137. The fourth-order valence-corrected chi connectivity index (χ4v) is 4.69. The first-order chi connectivity index (χ1) is 15.9. The summed E-state index contributed by atoms with van der Waals surface area (Å²) >= 11 is 6.07. The van der Waals surface area contributed by atoms with Crippen LogP contribution in [0.15, 0.2) is 47.3 Å². The fourth-order valence-electron chi connectivity index (χ4n) is 4.52. The van der Waals surface area contributed by atoms with Gasteiger partial charge in [-0.3, -0.25) is 14.4 Å². The van der Waals surface area contributed by atoms with E-state index < -0.39 is 0 Å². The first-order valence-electron chi connectivity index (χ1n) is 11.2. The summed E-state index contributed by atoms with van der Waals surface area (Å²) in [6, 6.07) is 12.6. The van der Waals surface area contributed by atoms with Gasteiger partial charge in [0, 0.05) is 25.0 Å². The molecule has 0 fully saturated rings. The summed E-state index contributed by atoms with van der Waals surface area (Å²) in [5.41, 5.74) is 2.43. The third-order valence-electron chi connectivity index (χ3n) is 6.09.